The molecule has 0 saturated carbocycles. The maximum absolute atomic E-state index is 13.9. The lowest BCUT2D eigenvalue weighted by Gasteiger charge is -2.30. The van der Waals surface area contributed by atoms with E-state index in [4.69, 9.17) is 4.99 Å². The quantitative estimate of drug-likeness (QED) is 0.364. The van der Waals surface area contributed by atoms with E-state index in [1.807, 2.05) is 84.9 Å². The molecule has 0 N–H and O–H groups in total. The summed E-state index contributed by atoms with van der Waals surface area (Å²) in [7, 11) is 0. The van der Waals surface area contributed by atoms with Gasteiger partial charge in [-0.1, -0.05) is 121 Å². The molecular formula is C29H24N2O. The Morgan fingerprint density at radius 2 is 1.22 bits per heavy atom. The largest absolute Gasteiger partial charge is 0.339 e. The number of Topliss-reactive ketones (excluding diaryl/α,β-unsaturated/α-hetero) is 1. The SMILES string of the molecule is O=C(c1ccccc1)[C@H]1[C@H](c2ccccc2)N=C(c2ccccc2)N1Cc1ccccc1. The van der Waals surface area contributed by atoms with E-state index in [0.29, 0.717) is 12.1 Å². The number of benzene rings is 4. The third-order valence-corrected chi connectivity index (χ3v) is 5.86. The number of rotatable bonds is 6. The van der Waals surface area contributed by atoms with Gasteiger partial charge in [0.2, 0.25) is 0 Å². The zero-order valence-electron chi connectivity index (χ0n) is 17.7. The molecule has 0 unspecified atom stereocenters. The highest BCUT2D eigenvalue weighted by Gasteiger charge is 2.42. The fraction of sp³-hybridized carbons (Fsp3) is 0.103. The summed E-state index contributed by atoms with van der Waals surface area (Å²) in [6, 6.07) is 39.5. The van der Waals surface area contributed by atoms with E-state index >= 15 is 0 Å². The fourth-order valence-electron chi connectivity index (χ4n) is 4.32. The van der Waals surface area contributed by atoms with Crippen LogP contribution in [0.2, 0.25) is 0 Å². The molecule has 0 spiro atoms. The normalized spacial score (nSPS) is 17.8. The summed E-state index contributed by atoms with van der Waals surface area (Å²) < 4.78 is 0. The number of hydrogen-bond donors (Lipinski definition) is 0. The first-order valence-corrected chi connectivity index (χ1v) is 10.9. The van der Waals surface area contributed by atoms with Gasteiger partial charge in [-0.3, -0.25) is 9.79 Å². The number of carbonyl (C=O) groups excluding carboxylic acids is 1. The van der Waals surface area contributed by atoms with E-state index in [9.17, 15) is 4.79 Å². The highest BCUT2D eigenvalue weighted by atomic mass is 16.1. The summed E-state index contributed by atoms with van der Waals surface area (Å²) in [4.78, 5) is 21.2. The zero-order chi connectivity index (χ0) is 21.8. The van der Waals surface area contributed by atoms with E-state index in [1.54, 1.807) is 0 Å². The Morgan fingerprint density at radius 1 is 0.688 bits per heavy atom. The molecule has 0 fully saturated rings. The summed E-state index contributed by atoms with van der Waals surface area (Å²) in [5.74, 6) is 0.947. The number of aliphatic imine (C=N–C) groups is 1. The predicted octanol–water partition coefficient (Wildman–Crippen LogP) is 5.94. The van der Waals surface area contributed by atoms with Crippen molar-refractivity contribution < 1.29 is 4.79 Å². The molecule has 4 aromatic carbocycles. The van der Waals surface area contributed by atoms with E-state index < -0.39 is 6.04 Å². The van der Waals surface area contributed by atoms with Gasteiger partial charge in [0, 0.05) is 17.7 Å². The molecule has 2 atom stereocenters. The number of nitrogens with zero attached hydrogens (tertiary/aromatic N) is 2. The minimum atomic E-state index is -0.421. The lowest BCUT2D eigenvalue weighted by molar-refractivity contribution is 0.0877. The van der Waals surface area contributed by atoms with Crippen LogP contribution in [0.15, 0.2) is 126 Å². The molecule has 3 heteroatoms. The lowest BCUT2D eigenvalue weighted by Crippen LogP contribution is -2.43. The molecule has 0 radical (unpaired) electrons. The first-order chi connectivity index (χ1) is 15.8. The summed E-state index contributed by atoms with van der Waals surface area (Å²) in [6.07, 6.45) is 0. The van der Waals surface area contributed by atoms with E-state index in [-0.39, 0.29) is 11.8 Å². The Morgan fingerprint density at radius 3 is 1.84 bits per heavy atom. The van der Waals surface area contributed by atoms with Crippen LogP contribution in [0.5, 0.6) is 0 Å². The van der Waals surface area contributed by atoms with Crippen molar-refractivity contribution in [2.24, 2.45) is 4.99 Å². The van der Waals surface area contributed by atoms with Crippen LogP contribution in [0.4, 0.5) is 0 Å². The van der Waals surface area contributed by atoms with Crippen molar-refractivity contribution in [3.63, 3.8) is 0 Å². The van der Waals surface area contributed by atoms with Crippen LogP contribution >= 0.6 is 0 Å². The molecule has 1 aliphatic rings. The minimum absolute atomic E-state index is 0.0880. The highest BCUT2D eigenvalue weighted by molar-refractivity contribution is 6.08. The van der Waals surface area contributed by atoms with Gasteiger partial charge in [0.1, 0.15) is 17.9 Å². The van der Waals surface area contributed by atoms with Crippen molar-refractivity contribution in [2.75, 3.05) is 0 Å². The van der Waals surface area contributed by atoms with Crippen molar-refractivity contribution >= 4 is 11.6 Å². The van der Waals surface area contributed by atoms with Crippen molar-refractivity contribution in [1.82, 2.24) is 4.90 Å². The van der Waals surface area contributed by atoms with Crippen molar-refractivity contribution in [3.05, 3.63) is 144 Å². The van der Waals surface area contributed by atoms with Gasteiger partial charge in [0.15, 0.2) is 5.78 Å². The second-order valence-electron chi connectivity index (χ2n) is 7.96. The molecule has 32 heavy (non-hydrogen) atoms. The molecule has 1 heterocycles. The van der Waals surface area contributed by atoms with Crippen molar-refractivity contribution in [3.8, 4) is 0 Å². The maximum Gasteiger partial charge on any atom is 0.187 e. The van der Waals surface area contributed by atoms with E-state index in [0.717, 1.165) is 22.5 Å². The van der Waals surface area contributed by atoms with Gasteiger partial charge in [-0.05, 0) is 11.1 Å². The van der Waals surface area contributed by atoms with E-state index in [1.165, 1.54) is 0 Å². The van der Waals surface area contributed by atoms with Crippen molar-refractivity contribution in [1.29, 1.82) is 0 Å². The van der Waals surface area contributed by atoms with Gasteiger partial charge in [-0.2, -0.15) is 0 Å². The number of amidine groups is 1. The molecule has 0 bridgehead atoms. The standard InChI is InChI=1S/C29H24N2O/c32-28(24-17-9-3-10-18-24)27-26(23-15-7-2-8-16-23)30-29(25-19-11-4-12-20-25)31(27)21-22-13-5-1-6-14-22/h1-20,26-27H,21H2/t26-,27+/m0/s1. The van der Waals surface area contributed by atoms with Crippen LogP contribution in [0, 0.1) is 0 Å². The van der Waals surface area contributed by atoms with Crippen molar-refractivity contribution in [2.45, 2.75) is 18.6 Å². The van der Waals surface area contributed by atoms with Crippen LogP contribution < -0.4 is 0 Å². The number of carbonyl (C=O) groups is 1. The average molecular weight is 417 g/mol. The molecule has 156 valence electrons. The minimum Gasteiger partial charge on any atom is -0.339 e. The van der Waals surface area contributed by atoms with Crippen LogP contribution in [0.1, 0.15) is 33.1 Å². The smallest absolute Gasteiger partial charge is 0.187 e. The second kappa shape index (κ2) is 9.03. The summed E-state index contributed by atoms with van der Waals surface area (Å²) >= 11 is 0. The number of ketones is 1. The molecule has 4 aromatic rings. The lowest BCUT2D eigenvalue weighted by atomic mass is 9.92. The molecule has 0 saturated heterocycles. The Bertz CT molecular complexity index is 1210. The van der Waals surface area contributed by atoms with Gasteiger partial charge >= 0.3 is 0 Å². The van der Waals surface area contributed by atoms with Crippen LogP contribution in [-0.4, -0.2) is 22.6 Å². The van der Waals surface area contributed by atoms with Crippen LogP contribution in [0.3, 0.4) is 0 Å². The van der Waals surface area contributed by atoms with Crippen LogP contribution in [0.25, 0.3) is 0 Å². The molecule has 0 aliphatic carbocycles. The molecule has 0 aromatic heterocycles. The third-order valence-electron chi connectivity index (χ3n) is 5.86. The molecule has 3 nitrogen and oxygen atoms in total. The van der Waals surface area contributed by atoms with Crippen LogP contribution in [-0.2, 0) is 6.54 Å². The second-order valence-corrected chi connectivity index (χ2v) is 7.96. The summed E-state index contributed by atoms with van der Waals surface area (Å²) in [6.45, 7) is 0.612. The monoisotopic (exact) mass is 416 g/mol. The van der Waals surface area contributed by atoms with Gasteiger partial charge in [-0.25, -0.2) is 0 Å². The molecule has 1 aliphatic heterocycles. The van der Waals surface area contributed by atoms with Gasteiger partial charge in [0.25, 0.3) is 0 Å². The first kappa shape index (κ1) is 20.0. The first-order valence-electron chi connectivity index (χ1n) is 10.9. The Balaban J connectivity index is 1.64. The zero-order valence-corrected chi connectivity index (χ0v) is 17.7. The summed E-state index contributed by atoms with van der Waals surface area (Å²) in [5.41, 5.74) is 3.93. The van der Waals surface area contributed by atoms with E-state index in [2.05, 4.69) is 41.3 Å². The third kappa shape index (κ3) is 3.97. The highest BCUT2D eigenvalue weighted by Crippen LogP contribution is 2.36. The van der Waals surface area contributed by atoms with Gasteiger partial charge in [0.05, 0.1) is 0 Å². The van der Waals surface area contributed by atoms with Gasteiger partial charge < -0.3 is 4.90 Å². The summed E-state index contributed by atoms with van der Waals surface area (Å²) in [5, 5.41) is 0. The Hall–Kier alpha value is -3.98. The molecule has 5 rings (SSSR count). The maximum atomic E-state index is 13.9. The Labute approximate surface area is 188 Å². The molecule has 0 amide bonds. The van der Waals surface area contributed by atoms with Gasteiger partial charge in [-0.15, -0.1) is 0 Å². The average Bonchev–Trinajstić information content (AvgIpc) is 3.25. The topological polar surface area (TPSA) is 32.7 Å². The number of hydrogen-bond acceptors (Lipinski definition) is 3. The predicted molar refractivity (Wildman–Crippen MR) is 129 cm³/mol. The fourth-order valence-corrected chi connectivity index (χ4v) is 4.32. The Kier molecular flexibility index (Phi) is 5.63. The molecular weight excluding hydrogens is 392 g/mol.